The number of aromatic nitrogens is 2. The molecule has 2 heterocycles. The average Bonchev–Trinajstić information content (AvgIpc) is 2.99. The minimum Gasteiger partial charge on any atom is -0.481 e. The second-order valence-electron chi connectivity index (χ2n) is 6.05. The maximum absolute atomic E-state index is 12.4. The zero-order chi connectivity index (χ0) is 14.5. The van der Waals surface area contributed by atoms with Crippen molar-refractivity contribution in [1.82, 2.24) is 14.7 Å². The van der Waals surface area contributed by atoms with Gasteiger partial charge in [-0.3, -0.25) is 14.3 Å². The maximum Gasteiger partial charge on any atom is 0.307 e. The lowest BCUT2D eigenvalue weighted by Gasteiger charge is -2.32. The quantitative estimate of drug-likeness (QED) is 0.877. The minimum absolute atomic E-state index is 0.0120. The maximum atomic E-state index is 12.4. The van der Waals surface area contributed by atoms with Crippen molar-refractivity contribution in [2.24, 2.45) is 18.4 Å². The molecule has 1 saturated carbocycles. The molecule has 1 aromatic rings. The Hall–Kier alpha value is -1.85. The predicted molar refractivity (Wildman–Crippen MR) is 71.3 cm³/mol. The Morgan fingerprint density at radius 1 is 1.40 bits per heavy atom. The van der Waals surface area contributed by atoms with Gasteiger partial charge < -0.3 is 10.0 Å². The predicted octanol–water partition coefficient (Wildman–Crippen LogP) is 1.06. The number of hydrogen-bond donors (Lipinski definition) is 1. The molecular formula is C14H19N3O3. The highest BCUT2D eigenvalue weighted by Crippen LogP contribution is 2.59. The van der Waals surface area contributed by atoms with Gasteiger partial charge in [0.15, 0.2) is 0 Å². The van der Waals surface area contributed by atoms with Crippen LogP contribution in [-0.2, 0) is 11.8 Å². The number of carbonyl (C=O) groups excluding carboxylic acids is 1. The summed E-state index contributed by atoms with van der Waals surface area (Å²) in [7, 11) is 1.80. The van der Waals surface area contributed by atoms with Crippen molar-refractivity contribution in [2.75, 3.05) is 13.1 Å². The van der Waals surface area contributed by atoms with Crippen molar-refractivity contribution in [2.45, 2.75) is 26.2 Å². The average molecular weight is 277 g/mol. The number of carboxylic acid groups (broad SMARTS) is 1. The molecule has 1 aromatic heterocycles. The molecule has 1 amide bonds. The number of aliphatic carboxylic acids is 1. The van der Waals surface area contributed by atoms with Crippen LogP contribution in [0.3, 0.4) is 0 Å². The highest BCUT2D eigenvalue weighted by atomic mass is 16.4. The van der Waals surface area contributed by atoms with Gasteiger partial charge in [-0.25, -0.2) is 0 Å². The molecule has 3 rings (SSSR count). The third kappa shape index (κ3) is 1.99. The van der Waals surface area contributed by atoms with E-state index in [1.165, 1.54) is 0 Å². The van der Waals surface area contributed by atoms with E-state index in [0.717, 1.165) is 25.0 Å². The van der Waals surface area contributed by atoms with Crippen LogP contribution in [0.2, 0.25) is 0 Å². The summed E-state index contributed by atoms with van der Waals surface area (Å²) in [6, 6.07) is 0. The molecule has 0 unspecified atom stereocenters. The zero-order valence-electron chi connectivity index (χ0n) is 11.8. The van der Waals surface area contributed by atoms with E-state index in [1.54, 1.807) is 17.9 Å². The van der Waals surface area contributed by atoms with E-state index in [-0.39, 0.29) is 17.2 Å². The summed E-state index contributed by atoms with van der Waals surface area (Å²) in [4.78, 5) is 25.3. The molecule has 20 heavy (non-hydrogen) atoms. The van der Waals surface area contributed by atoms with Gasteiger partial charge in [0.1, 0.15) is 0 Å². The van der Waals surface area contributed by atoms with Crippen molar-refractivity contribution in [3.05, 3.63) is 17.5 Å². The van der Waals surface area contributed by atoms with Crippen molar-refractivity contribution in [1.29, 1.82) is 0 Å². The van der Waals surface area contributed by atoms with Crippen molar-refractivity contribution >= 4 is 11.9 Å². The number of aryl methyl sites for hydroxylation is 2. The van der Waals surface area contributed by atoms with Crippen LogP contribution in [0.5, 0.6) is 0 Å². The van der Waals surface area contributed by atoms with Crippen molar-refractivity contribution in [3.63, 3.8) is 0 Å². The summed E-state index contributed by atoms with van der Waals surface area (Å²) in [6.07, 6.45) is 4.12. The Morgan fingerprint density at radius 2 is 2.05 bits per heavy atom. The highest BCUT2D eigenvalue weighted by Gasteiger charge is 2.59. The van der Waals surface area contributed by atoms with E-state index in [0.29, 0.717) is 18.7 Å². The first-order valence-corrected chi connectivity index (χ1v) is 6.95. The number of piperidine rings is 1. The molecule has 1 aliphatic carbocycles. The van der Waals surface area contributed by atoms with Gasteiger partial charge in [-0.1, -0.05) is 0 Å². The SMILES string of the molecule is Cc1nn(C)cc1C(=O)N1CCC2(CC1)C[C@@H]2C(=O)O. The Balaban J connectivity index is 1.66. The molecule has 2 aliphatic rings. The Kier molecular flexibility index (Phi) is 2.84. The summed E-state index contributed by atoms with van der Waals surface area (Å²) in [6.45, 7) is 3.13. The standard InChI is InChI=1S/C14H19N3O3/c1-9-10(8-16(2)15-9)12(18)17-5-3-14(4-6-17)7-11(14)13(19)20/h8,11H,3-7H2,1-2H3,(H,19,20)/t11-/m1/s1. The van der Waals surface area contributed by atoms with Crippen LogP contribution in [0, 0.1) is 18.3 Å². The summed E-state index contributed by atoms with van der Waals surface area (Å²) in [5.74, 6) is -0.870. The second-order valence-corrected chi connectivity index (χ2v) is 6.05. The fourth-order valence-electron chi connectivity index (χ4n) is 3.38. The summed E-state index contributed by atoms with van der Waals surface area (Å²) < 4.78 is 1.65. The van der Waals surface area contributed by atoms with E-state index in [1.807, 2.05) is 11.8 Å². The first-order valence-electron chi connectivity index (χ1n) is 6.95. The number of nitrogens with zero attached hydrogens (tertiary/aromatic N) is 3. The molecule has 0 aromatic carbocycles. The molecule has 1 atom stereocenters. The smallest absolute Gasteiger partial charge is 0.307 e. The summed E-state index contributed by atoms with van der Waals surface area (Å²) in [5.41, 5.74) is 1.36. The number of carbonyl (C=O) groups is 2. The van der Waals surface area contributed by atoms with Gasteiger partial charge in [0.05, 0.1) is 17.2 Å². The number of hydrogen-bond acceptors (Lipinski definition) is 3. The molecular weight excluding hydrogens is 258 g/mol. The monoisotopic (exact) mass is 277 g/mol. The molecule has 0 radical (unpaired) electrons. The van der Waals surface area contributed by atoms with Crippen LogP contribution in [0.1, 0.15) is 35.3 Å². The van der Waals surface area contributed by atoms with Crippen LogP contribution in [-0.4, -0.2) is 44.8 Å². The molecule has 1 saturated heterocycles. The van der Waals surface area contributed by atoms with Gasteiger partial charge in [0, 0.05) is 26.3 Å². The Bertz CT molecular complexity index is 570. The topological polar surface area (TPSA) is 75.4 Å². The molecule has 108 valence electrons. The molecule has 6 heteroatoms. The normalized spacial score (nSPS) is 23.9. The second kappa shape index (κ2) is 4.33. The fraction of sp³-hybridized carbons (Fsp3) is 0.643. The number of carboxylic acids is 1. The zero-order valence-corrected chi connectivity index (χ0v) is 11.8. The molecule has 0 bridgehead atoms. The van der Waals surface area contributed by atoms with Crippen LogP contribution in [0.15, 0.2) is 6.20 Å². The van der Waals surface area contributed by atoms with Gasteiger partial charge in [-0.2, -0.15) is 5.10 Å². The fourth-order valence-corrected chi connectivity index (χ4v) is 3.38. The number of rotatable bonds is 2. The van der Waals surface area contributed by atoms with Crippen molar-refractivity contribution in [3.8, 4) is 0 Å². The Labute approximate surface area is 117 Å². The first-order chi connectivity index (χ1) is 9.43. The Morgan fingerprint density at radius 3 is 2.50 bits per heavy atom. The lowest BCUT2D eigenvalue weighted by Crippen LogP contribution is -2.40. The summed E-state index contributed by atoms with van der Waals surface area (Å²) in [5, 5.41) is 13.3. The van der Waals surface area contributed by atoms with Crippen LogP contribution >= 0.6 is 0 Å². The van der Waals surface area contributed by atoms with Gasteiger partial charge in [-0.05, 0) is 31.6 Å². The largest absolute Gasteiger partial charge is 0.481 e. The molecule has 1 spiro atoms. The van der Waals surface area contributed by atoms with Crippen molar-refractivity contribution < 1.29 is 14.7 Å². The minimum atomic E-state index is -0.687. The van der Waals surface area contributed by atoms with Gasteiger partial charge in [-0.15, -0.1) is 0 Å². The molecule has 2 fully saturated rings. The van der Waals surface area contributed by atoms with E-state index < -0.39 is 5.97 Å². The molecule has 1 aliphatic heterocycles. The third-order valence-corrected chi connectivity index (χ3v) is 4.78. The van der Waals surface area contributed by atoms with Gasteiger partial charge in [0.2, 0.25) is 0 Å². The van der Waals surface area contributed by atoms with E-state index in [9.17, 15) is 9.59 Å². The van der Waals surface area contributed by atoms with Crippen LogP contribution in [0.4, 0.5) is 0 Å². The lowest BCUT2D eigenvalue weighted by molar-refractivity contribution is -0.139. The summed E-state index contributed by atoms with van der Waals surface area (Å²) >= 11 is 0. The van der Waals surface area contributed by atoms with E-state index >= 15 is 0 Å². The van der Waals surface area contributed by atoms with Crippen LogP contribution in [0.25, 0.3) is 0 Å². The molecule has 6 nitrogen and oxygen atoms in total. The van der Waals surface area contributed by atoms with E-state index in [4.69, 9.17) is 5.11 Å². The first kappa shape index (κ1) is 13.1. The van der Waals surface area contributed by atoms with Gasteiger partial charge >= 0.3 is 5.97 Å². The van der Waals surface area contributed by atoms with Gasteiger partial charge in [0.25, 0.3) is 5.91 Å². The number of amides is 1. The van der Waals surface area contributed by atoms with E-state index in [2.05, 4.69) is 5.10 Å². The van der Waals surface area contributed by atoms with Crippen LogP contribution < -0.4 is 0 Å². The molecule has 1 N–H and O–H groups in total. The lowest BCUT2D eigenvalue weighted by atomic mass is 9.90. The highest BCUT2D eigenvalue weighted by molar-refractivity contribution is 5.95. The third-order valence-electron chi connectivity index (χ3n) is 4.78. The number of likely N-dealkylation sites (tertiary alicyclic amines) is 1.